The van der Waals surface area contributed by atoms with E-state index in [1.807, 2.05) is 13.8 Å². The van der Waals surface area contributed by atoms with E-state index < -0.39 is 10.1 Å². The maximum atomic E-state index is 11.2. The first-order valence-corrected chi connectivity index (χ1v) is 9.05. The molecule has 0 saturated heterocycles. The van der Waals surface area contributed by atoms with Crippen LogP contribution < -0.4 is 0 Å². The van der Waals surface area contributed by atoms with Gasteiger partial charge in [0.25, 0.3) is 10.1 Å². The third-order valence-electron chi connectivity index (χ3n) is 3.01. The van der Waals surface area contributed by atoms with E-state index in [1.54, 1.807) is 0 Å². The Bertz CT molecular complexity index is 349. The van der Waals surface area contributed by atoms with Crippen molar-refractivity contribution < 1.29 is 22.5 Å². The molecule has 0 heterocycles. The van der Waals surface area contributed by atoms with Crippen LogP contribution in [-0.4, -0.2) is 31.3 Å². The van der Waals surface area contributed by atoms with E-state index in [4.69, 9.17) is 9.29 Å². The molecule has 0 rings (SSSR count). The smallest absolute Gasteiger partial charge is 0.308 e. The van der Waals surface area contributed by atoms with Crippen molar-refractivity contribution >= 4 is 16.1 Å². The van der Waals surface area contributed by atoms with E-state index in [-0.39, 0.29) is 17.6 Å². The average molecular weight is 308 g/mol. The highest BCUT2D eigenvalue weighted by atomic mass is 32.2. The fraction of sp³-hybridized carbons (Fsp3) is 0.929. The lowest BCUT2D eigenvalue weighted by molar-refractivity contribution is -0.147. The lowest BCUT2D eigenvalue weighted by Crippen LogP contribution is -2.12. The van der Waals surface area contributed by atoms with Crippen LogP contribution in [0, 0.1) is 5.92 Å². The normalized spacial score (nSPS) is 11.8. The third kappa shape index (κ3) is 13.8. The summed E-state index contributed by atoms with van der Waals surface area (Å²) in [6.07, 6.45) is 7.63. The zero-order valence-electron chi connectivity index (χ0n) is 12.6. The predicted octanol–water partition coefficient (Wildman–Crippen LogP) is 3.19. The standard InChI is InChI=1S/C14H28O5S/c1-13(2)14(15)19-11-9-7-5-3-4-6-8-10-12-20(16,17)18/h13H,3-12H2,1-2H3,(H,16,17,18). The molecule has 120 valence electrons. The number of ether oxygens (including phenoxy) is 1. The Labute approximate surface area is 122 Å². The Morgan fingerprint density at radius 2 is 1.40 bits per heavy atom. The van der Waals surface area contributed by atoms with Crippen LogP contribution in [0.4, 0.5) is 0 Å². The first-order chi connectivity index (χ1) is 9.33. The first-order valence-electron chi connectivity index (χ1n) is 7.44. The molecule has 0 spiro atoms. The molecule has 0 bridgehead atoms. The summed E-state index contributed by atoms with van der Waals surface area (Å²) in [5.74, 6) is -0.324. The van der Waals surface area contributed by atoms with Crippen LogP contribution in [0.1, 0.15) is 65.2 Å². The highest BCUT2D eigenvalue weighted by Crippen LogP contribution is 2.09. The van der Waals surface area contributed by atoms with E-state index in [9.17, 15) is 13.2 Å². The lowest BCUT2D eigenvalue weighted by Gasteiger charge is -2.06. The van der Waals surface area contributed by atoms with E-state index in [1.165, 1.54) is 0 Å². The van der Waals surface area contributed by atoms with Crippen molar-refractivity contribution in [2.75, 3.05) is 12.4 Å². The molecule has 5 nitrogen and oxygen atoms in total. The van der Waals surface area contributed by atoms with Gasteiger partial charge in [0.1, 0.15) is 0 Å². The number of carbonyl (C=O) groups is 1. The van der Waals surface area contributed by atoms with Gasteiger partial charge >= 0.3 is 5.97 Å². The first kappa shape index (κ1) is 19.4. The van der Waals surface area contributed by atoms with Gasteiger partial charge < -0.3 is 4.74 Å². The van der Waals surface area contributed by atoms with Crippen LogP contribution in [0.2, 0.25) is 0 Å². The summed E-state index contributed by atoms with van der Waals surface area (Å²) in [5.41, 5.74) is 0. The van der Waals surface area contributed by atoms with Gasteiger partial charge in [-0.2, -0.15) is 8.42 Å². The van der Waals surface area contributed by atoms with Crippen LogP contribution in [0.25, 0.3) is 0 Å². The molecule has 0 fully saturated rings. The molecule has 20 heavy (non-hydrogen) atoms. The van der Waals surface area contributed by atoms with Gasteiger partial charge in [0.2, 0.25) is 0 Å². The second kappa shape index (κ2) is 11.1. The number of rotatable bonds is 12. The summed E-state index contributed by atoms with van der Waals surface area (Å²) in [7, 11) is -3.79. The van der Waals surface area contributed by atoms with Crippen LogP contribution in [0.5, 0.6) is 0 Å². The highest BCUT2D eigenvalue weighted by molar-refractivity contribution is 7.85. The second-order valence-electron chi connectivity index (χ2n) is 5.44. The van der Waals surface area contributed by atoms with Gasteiger partial charge in [-0.05, 0) is 12.8 Å². The molecule has 0 amide bonds. The van der Waals surface area contributed by atoms with Gasteiger partial charge in [-0.3, -0.25) is 9.35 Å². The van der Waals surface area contributed by atoms with Gasteiger partial charge in [-0.15, -0.1) is 0 Å². The molecule has 0 aliphatic carbocycles. The Balaban J connectivity index is 3.20. The number of carbonyl (C=O) groups excluding carboxylic acids is 1. The quantitative estimate of drug-likeness (QED) is 0.340. The van der Waals surface area contributed by atoms with Crippen LogP contribution >= 0.6 is 0 Å². The van der Waals surface area contributed by atoms with E-state index in [2.05, 4.69) is 0 Å². The minimum Gasteiger partial charge on any atom is -0.465 e. The Morgan fingerprint density at radius 3 is 1.85 bits per heavy atom. The summed E-state index contributed by atoms with van der Waals surface area (Å²) in [5, 5.41) is 0. The van der Waals surface area contributed by atoms with Gasteiger partial charge in [0, 0.05) is 0 Å². The fourth-order valence-electron chi connectivity index (χ4n) is 1.79. The van der Waals surface area contributed by atoms with Crippen molar-refractivity contribution in [1.82, 2.24) is 0 Å². The monoisotopic (exact) mass is 308 g/mol. The Morgan fingerprint density at radius 1 is 0.950 bits per heavy atom. The molecule has 6 heteroatoms. The summed E-state index contributed by atoms with van der Waals surface area (Å²) < 4.78 is 34.6. The van der Waals surface area contributed by atoms with E-state index in [0.29, 0.717) is 13.0 Å². The molecule has 0 saturated carbocycles. The molecular formula is C14H28O5S. The number of hydrogen-bond donors (Lipinski definition) is 1. The van der Waals surface area contributed by atoms with Crippen LogP contribution in [0.3, 0.4) is 0 Å². The van der Waals surface area contributed by atoms with Crippen molar-refractivity contribution in [3.63, 3.8) is 0 Å². The number of esters is 1. The molecule has 1 N–H and O–H groups in total. The van der Waals surface area contributed by atoms with E-state index in [0.717, 1.165) is 44.9 Å². The Kier molecular flexibility index (Phi) is 10.7. The van der Waals surface area contributed by atoms with Gasteiger partial charge in [-0.25, -0.2) is 0 Å². The molecule has 0 radical (unpaired) electrons. The van der Waals surface area contributed by atoms with Crippen molar-refractivity contribution in [1.29, 1.82) is 0 Å². The average Bonchev–Trinajstić information content (AvgIpc) is 2.34. The minimum absolute atomic E-state index is 0.0577. The number of unbranched alkanes of at least 4 members (excludes halogenated alkanes) is 7. The Hall–Kier alpha value is -0.620. The fourth-order valence-corrected chi connectivity index (χ4v) is 2.36. The molecular weight excluding hydrogens is 280 g/mol. The largest absolute Gasteiger partial charge is 0.465 e. The van der Waals surface area contributed by atoms with Crippen LogP contribution in [-0.2, 0) is 19.6 Å². The molecule has 0 aromatic heterocycles. The maximum Gasteiger partial charge on any atom is 0.308 e. The number of hydrogen-bond acceptors (Lipinski definition) is 4. The molecule has 0 aromatic rings. The molecule has 0 aliphatic rings. The summed E-state index contributed by atoms with van der Waals surface area (Å²) in [6, 6.07) is 0. The highest BCUT2D eigenvalue weighted by Gasteiger charge is 2.07. The van der Waals surface area contributed by atoms with Crippen molar-refractivity contribution in [3.8, 4) is 0 Å². The second-order valence-corrected chi connectivity index (χ2v) is 7.01. The van der Waals surface area contributed by atoms with E-state index >= 15 is 0 Å². The zero-order chi connectivity index (χ0) is 15.4. The molecule has 0 unspecified atom stereocenters. The topological polar surface area (TPSA) is 80.7 Å². The SMILES string of the molecule is CC(C)C(=O)OCCCCCCCCCCS(=O)(=O)O. The molecule has 0 atom stereocenters. The lowest BCUT2D eigenvalue weighted by atomic mass is 10.1. The predicted molar refractivity (Wildman–Crippen MR) is 79.1 cm³/mol. The minimum atomic E-state index is -3.79. The third-order valence-corrected chi connectivity index (χ3v) is 3.82. The zero-order valence-corrected chi connectivity index (χ0v) is 13.5. The summed E-state index contributed by atoms with van der Waals surface area (Å²) in [6.45, 7) is 4.15. The molecule has 0 aliphatic heterocycles. The summed E-state index contributed by atoms with van der Waals surface area (Å²) in [4.78, 5) is 11.2. The molecule has 0 aromatic carbocycles. The van der Waals surface area contributed by atoms with Crippen molar-refractivity contribution in [3.05, 3.63) is 0 Å². The van der Waals surface area contributed by atoms with Crippen LogP contribution in [0.15, 0.2) is 0 Å². The summed E-state index contributed by atoms with van der Waals surface area (Å²) >= 11 is 0. The maximum absolute atomic E-state index is 11.2. The van der Waals surface area contributed by atoms with Gasteiger partial charge in [0.05, 0.1) is 18.3 Å². The van der Waals surface area contributed by atoms with Crippen molar-refractivity contribution in [2.45, 2.75) is 65.2 Å². The van der Waals surface area contributed by atoms with Crippen molar-refractivity contribution in [2.24, 2.45) is 5.92 Å². The van der Waals surface area contributed by atoms with Gasteiger partial charge in [-0.1, -0.05) is 52.4 Å². The van der Waals surface area contributed by atoms with Gasteiger partial charge in [0.15, 0.2) is 0 Å².